The van der Waals surface area contributed by atoms with Crippen molar-refractivity contribution < 1.29 is 29.0 Å². The van der Waals surface area contributed by atoms with E-state index in [2.05, 4.69) is 27.7 Å². The van der Waals surface area contributed by atoms with Crippen molar-refractivity contribution in [2.75, 3.05) is 13.2 Å². The molecule has 0 aliphatic rings. The summed E-state index contributed by atoms with van der Waals surface area (Å²) in [5.74, 6) is -0.835. The topological polar surface area (TPSA) is 89.9 Å². The first-order valence-corrected chi connectivity index (χ1v) is 21.4. The van der Waals surface area contributed by atoms with Gasteiger partial charge in [-0.15, -0.1) is 0 Å². The van der Waals surface area contributed by atoms with Crippen molar-refractivity contribution in [2.24, 2.45) is 11.8 Å². The molecule has 6 heteroatoms. The van der Waals surface area contributed by atoms with Crippen LogP contribution in [0.2, 0.25) is 0 Å². The number of carbonyl (C=O) groups excluding carboxylic acids is 2. The molecule has 0 fully saturated rings. The lowest BCUT2D eigenvalue weighted by molar-refractivity contribution is 0.0477. The minimum atomic E-state index is -1.27. The Morgan fingerprint density at radius 1 is 0.451 bits per heavy atom. The van der Waals surface area contributed by atoms with Gasteiger partial charge in [0.1, 0.15) is 0 Å². The second kappa shape index (κ2) is 32.3. The zero-order chi connectivity index (χ0) is 37.4. The maximum atomic E-state index is 12.7. The zero-order valence-corrected chi connectivity index (χ0v) is 33.6. The zero-order valence-electron chi connectivity index (χ0n) is 33.6. The molecule has 1 aromatic carbocycles. The summed E-state index contributed by atoms with van der Waals surface area (Å²) in [5.41, 5.74) is -0.134. The van der Waals surface area contributed by atoms with E-state index in [1.54, 1.807) is 0 Å². The van der Waals surface area contributed by atoms with E-state index in [9.17, 15) is 19.5 Å². The molecule has 0 amide bonds. The lowest BCUT2D eigenvalue weighted by atomic mass is 10.0. The van der Waals surface area contributed by atoms with Gasteiger partial charge >= 0.3 is 17.9 Å². The lowest BCUT2D eigenvalue weighted by Crippen LogP contribution is -2.15. The predicted molar refractivity (Wildman–Crippen MR) is 213 cm³/mol. The van der Waals surface area contributed by atoms with E-state index in [1.807, 2.05) is 0 Å². The molecule has 0 spiro atoms. The summed E-state index contributed by atoms with van der Waals surface area (Å²) in [6.07, 6.45) is 35.2. The monoisotopic (exact) mass is 715 g/mol. The Bertz CT molecular complexity index is 1020. The van der Waals surface area contributed by atoms with Crippen molar-refractivity contribution in [2.45, 2.75) is 207 Å². The summed E-state index contributed by atoms with van der Waals surface area (Å²) in [6, 6.07) is 4.04. The second-order valence-electron chi connectivity index (χ2n) is 15.9. The van der Waals surface area contributed by atoms with Crippen LogP contribution in [-0.4, -0.2) is 36.2 Å². The molecule has 0 saturated carbocycles. The number of benzene rings is 1. The molecule has 0 saturated heterocycles. The van der Waals surface area contributed by atoms with E-state index in [1.165, 1.54) is 159 Å². The first kappa shape index (κ1) is 46.7. The van der Waals surface area contributed by atoms with Crippen LogP contribution in [0.4, 0.5) is 0 Å². The number of aromatic carboxylic acids is 1. The van der Waals surface area contributed by atoms with Crippen molar-refractivity contribution in [3.8, 4) is 0 Å². The third kappa shape index (κ3) is 27.0. The third-order valence-corrected chi connectivity index (χ3v) is 10.0. The Kier molecular flexibility index (Phi) is 29.5. The summed E-state index contributed by atoms with van der Waals surface area (Å²) in [4.78, 5) is 37.1. The number of carboxylic acid groups (broad SMARTS) is 1. The van der Waals surface area contributed by atoms with Gasteiger partial charge in [-0.2, -0.15) is 0 Å². The highest BCUT2D eigenvalue weighted by Gasteiger charge is 2.21. The van der Waals surface area contributed by atoms with E-state index in [-0.39, 0.29) is 23.3 Å². The molecule has 0 aliphatic heterocycles. The Morgan fingerprint density at radius 2 is 0.765 bits per heavy atom. The summed E-state index contributed by atoms with van der Waals surface area (Å²) < 4.78 is 10.8. The number of rotatable bonds is 35. The molecule has 6 nitrogen and oxygen atoms in total. The highest BCUT2D eigenvalue weighted by atomic mass is 16.5. The minimum absolute atomic E-state index is 0.0355. The van der Waals surface area contributed by atoms with Gasteiger partial charge in [0, 0.05) is 0 Å². The van der Waals surface area contributed by atoms with E-state index >= 15 is 0 Å². The Balaban J connectivity index is 2.10. The van der Waals surface area contributed by atoms with Crippen LogP contribution in [0, 0.1) is 11.8 Å². The molecule has 1 aromatic rings. The van der Waals surface area contributed by atoms with Crippen LogP contribution < -0.4 is 0 Å². The molecule has 0 heterocycles. The van der Waals surface area contributed by atoms with Gasteiger partial charge < -0.3 is 14.6 Å². The highest BCUT2D eigenvalue weighted by Crippen LogP contribution is 2.18. The maximum absolute atomic E-state index is 12.7. The van der Waals surface area contributed by atoms with E-state index < -0.39 is 17.9 Å². The quantitative estimate of drug-likeness (QED) is 0.0556. The largest absolute Gasteiger partial charge is 0.478 e. The third-order valence-electron chi connectivity index (χ3n) is 10.0. The summed E-state index contributed by atoms with van der Waals surface area (Å²) in [7, 11) is 0. The number of unbranched alkanes of at least 4 members (excludes halogenated alkanes) is 24. The van der Waals surface area contributed by atoms with Gasteiger partial charge in [0.2, 0.25) is 0 Å². The first-order chi connectivity index (χ1) is 24.7. The molecule has 0 unspecified atom stereocenters. The number of carbonyl (C=O) groups is 3. The standard InChI is InChI=1S/C45H78O6/c1-38(2)31-27-23-19-15-11-7-5-9-13-17-21-25-29-35-50-44(48)40-33-34-41(42(37-40)43(46)47)45(49)51-36-30-26-22-18-14-10-6-8-12-16-20-24-28-32-39(3)4/h33-34,37-39H,5-32,35-36H2,1-4H3,(H,46,47). The van der Waals surface area contributed by atoms with Gasteiger partial charge in [-0.05, 0) is 42.9 Å². The lowest BCUT2D eigenvalue weighted by Gasteiger charge is -2.10. The molecule has 294 valence electrons. The highest BCUT2D eigenvalue weighted by molar-refractivity contribution is 6.04. The fourth-order valence-corrected chi connectivity index (χ4v) is 6.72. The Labute approximate surface area is 313 Å². The number of hydrogen-bond acceptors (Lipinski definition) is 5. The number of hydrogen-bond donors (Lipinski definition) is 1. The molecule has 51 heavy (non-hydrogen) atoms. The van der Waals surface area contributed by atoms with Crippen molar-refractivity contribution in [3.05, 3.63) is 34.9 Å². The van der Waals surface area contributed by atoms with Gasteiger partial charge in [-0.25, -0.2) is 14.4 Å². The van der Waals surface area contributed by atoms with Gasteiger partial charge in [-0.3, -0.25) is 0 Å². The smallest absolute Gasteiger partial charge is 0.339 e. The molecule has 1 N–H and O–H groups in total. The predicted octanol–water partition coefficient (Wildman–Crippen LogP) is 13.9. The van der Waals surface area contributed by atoms with Crippen LogP contribution in [0.15, 0.2) is 18.2 Å². The molecular formula is C45H78O6. The SMILES string of the molecule is CC(C)CCCCCCCCCCCCCCCOC(=O)c1ccc(C(=O)OCCCCCCCCCCCCCCCC(C)C)c(C(=O)O)c1. The van der Waals surface area contributed by atoms with Crippen LogP contribution in [0.1, 0.15) is 239 Å². The summed E-state index contributed by atoms with van der Waals surface area (Å²) in [6.45, 7) is 9.78. The van der Waals surface area contributed by atoms with Gasteiger partial charge in [0.25, 0.3) is 0 Å². The molecule has 0 aliphatic carbocycles. The van der Waals surface area contributed by atoms with E-state index in [4.69, 9.17) is 9.47 Å². The van der Waals surface area contributed by atoms with Crippen molar-refractivity contribution in [3.63, 3.8) is 0 Å². The van der Waals surface area contributed by atoms with Gasteiger partial charge in [0.05, 0.1) is 29.9 Å². The molecule has 0 aromatic heterocycles. The maximum Gasteiger partial charge on any atom is 0.339 e. The van der Waals surface area contributed by atoms with Crippen LogP contribution in [0.3, 0.4) is 0 Å². The van der Waals surface area contributed by atoms with E-state index in [0.29, 0.717) is 6.61 Å². The van der Waals surface area contributed by atoms with Crippen LogP contribution >= 0.6 is 0 Å². The number of esters is 2. The average Bonchev–Trinajstić information content (AvgIpc) is 3.10. The van der Waals surface area contributed by atoms with Crippen LogP contribution in [0.25, 0.3) is 0 Å². The normalized spacial score (nSPS) is 11.4. The average molecular weight is 715 g/mol. The molecule has 0 radical (unpaired) electrons. The molecular weight excluding hydrogens is 636 g/mol. The molecule has 1 rings (SSSR count). The van der Waals surface area contributed by atoms with Crippen LogP contribution in [-0.2, 0) is 9.47 Å². The Morgan fingerprint density at radius 3 is 1.10 bits per heavy atom. The Hall–Kier alpha value is -2.37. The van der Waals surface area contributed by atoms with Crippen molar-refractivity contribution in [1.82, 2.24) is 0 Å². The summed E-state index contributed by atoms with van der Waals surface area (Å²) >= 11 is 0. The van der Waals surface area contributed by atoms with Crippen LogP contribution in [0.5, 0.6) is 0 Å². The van der Waals surface area contributed by atoms with E-state index in [0.717, 1.165) is 50.4 Å². The minimum Gasteiger partial charge on any atom is -0.478 e. The molecule has 0 atom stereocenters. The molecule has 0 bridgehead atoms. The van der Waals surface area contributed by atoms with Crippen molar-refractivity contribution in [1.29, 1.82) is 0 Å². The second-order valence-corrected chi connectivity index (χ2v) is 15.9. The van der Waals surface area contributed by atoms with Gasteiger partial charge in [0.15, 0.2) is 0 Å². The van der Waals surface area contributed by atoms with Crippen molar-refractivity contribution >= 4 is 17.9 Å². The summed E-state index contributed by atoms with van der Waals surface area (Å²) in [5, 5.41) is 9.71. The number of carboxylic acids is 1. The first-order valence-electron chi connectivity index (χ1n) is 21.4. The fraction of sp³-hybridized carbons (Fsp3) is 0.800. The van der Waals surface area contributed by atoms with Gasteiger partial charge in [-0.1, -0.05) is 195 Å². The number of ether oxygens (including phenoxy) is 2. The fourth-order valence-electron chi connectivity index (χ4n) is 6.72.